The Kier molecular flexibility index (Phi) is 0.698. The van der Waals surface area contributed by atoms with Gasteiger partial charge in [0, 0.05) is 17.9 Å². The minimum Gasteiger partial charge on any atom is -0.353 e. The molecule has 0 aromatic carbocycles. The van der Waals surface area contributed by atoms with Gasteiger partial charge in [-0.15, -0.1) is 0 Å². The Morgan fingerprint density at radius 1 is 1.45 bits per heavy atom. The van der Waals surface area contributed by atoms with E-state index in [1.54, 1.807) is 0 Å². The number of amides is 1. The van der Waals surface area contributed by atoms with Crippen LogP contribution in [0.2, 0.25) is 0 Å². The maximum atomic E-state index is 12.8. The maximum absolute atomic E-state index is 12.8. The molecule has 2 bridgehead atoms. The minimum absolute atomic E-state index is 0.159. The Morgan fingerprint density at radius 2 is 2.18 bits per heavy atom. The summed E-state index contributed by atoms with van der Waals surface area (Å²) in [6.45, 7) is 0. The molecule has 2 aliphatic carbocycles. The molecule has 0 radical (unpaired) electrons. The van der Waals surface area contributed by atoms with Crippen molar-refractivity contribution in [3.63, 3.8) is 0 Å². The fourth-order valence-electron chi connectivity index (χ4n) is 2.69. The van der Waals surface area contributed by atoms with E-state index in [0.29, 0.717) is 6.42 Å². The predicted octanol–water partition coefficient (Wildman–Crippen LogP) is 0.386. The van der Waals surface area contributed by atoms with E-state index in [0.717, 1.165) is 0 Å². The van der Waals surface area contributed by atoms with Gasteiger partial charge in [0.1, 0.15) is 0 Å². The van der Waals surface area contributed by atoms with Gasteiger partial charge in [-0.05, 0) is 6.42 Å². The zero-order valence-electron chi connectivity index (χ0n) is 5.68. The van der Waals surface area contributed by atoms with Crippen molar-refractivity contribution in [3.8, 4) is 0 Å². The van der Waals surface area contributed by atoms with Crippen LogP contribution in [0.25, 0.3) is 0 Å². The van der Waals surface area contributed by atoms with Gasteiger partial charge in [0.25, 0.3) is 5.92 Å². The van der Waals surface area contributed by atoms with Crippen LogP contribution in [-0.2, 0) is 4.79 Å². The SMILES string of the molecule is O=C1N[C@H]2C[C@H]1[C@@H]1[C@H]2C1(F)F. The van der Waals surface area contributed by atoms with Crippen molar-refractivity contribution >= 4 is 5.91 Å². The van der Waals surface area contributed by atoms with Crippen LogP contribution in [0.1, 0.15) is 6.42 Å². The number of rotatable bonds is 0. The lowest BCUT2D eigenvalue weighted by molar-refractivity contribution is -0.124. The first-order valence-corrected chi connectivity index (χ1v) is 3.80. The second-order valence-corrected chi connectivity index (χ2v) is 3.68. The Morgan fingerprint density at radius 3 is 2.73 bits per heavy atom. The highest BCUT2D eigenvalue weighted by molar-refractivity contribution is 5.84. The summed E-state index contributed by atoms with van der Waals surface area (Å²) >= 11 is 0. The molecule has 1 aliphatic heterocycles. The van der Waals surface area contributed by atoms with Crippen molar-refractivity contribution in [2.75, 3.05) is 0 Å². The Labute approximate surface area is 62.0 Å². The smallest absolute Gasteiger partial charge is 0.257 e. The molecule has 2 saturated carbocycles. The van der Waals surface area contributed by atoms with Gasteiger partial charge in [-0.2, -0.15) is 0 Å². The van der Waals surface area contributed by atoms with Crippen LogP contribution in [0.4, 0.5) is 8.78 Å². The van der Waals surface area contributed by atoms with Gasteiger partial charge in [0.2, 0.25) is 5.91 Å². The van der Waals surface area contributed by atoms with E-state index in [9.17, 15) is 13.6 Å². The number of hydrogen-bond donors (Lipinski definition) is 1. The van der Waals surface area contributed by atoms with Crippen molar-refractivity contribution in [1.29, 1.82) is 0 Å². The average Bonchev–Trinajstić information content (AvgIpc) is 2.25. The zero-order chi connectivity index (χ0) is 7.80. The van der Waals surface area contributed by atoms with Crippen molar-refractivity contribution in [1.82, 2.24) is 5.32 Å². The number of carbonyl (C=O) groups excluding carboxylic acids is 1. The summed E-state index contributed by atoms with van der Waals surface area (Å²) in [4.78, 5) is 10.9. The van der Waals surface area contributed by atoms with Crippen LogP contribution in [0.3, 0.4) is 0 Å². The first-order chi connectivity index (χ1) is 5.12. The molecule has 0 aromatic rings. The largest absolute Gasteiger partial charge is 0.353 e. The average molecular weight is 159 g/mol. The maximum Gasteiger partial charge on any atom is 0.257 e. The molecule has 1 heterocycles. The van der Waals surface area contributed by atoms with Crippen molar-refractivity contribution in [2.24, 2.45) is 17.8 Å². The van der Waals surface area contributed by atoms with E-state index >= 15 is 0 Å². The number of carbonyl (C=O) groups is 1. The second-order valence-electron chi connectivity index (χ2n) is 3.68. The fraction of sp³-hybridized carbons (Fsp3) is 0.857. The molecule has 1 N–H and O–H groups in total. The molecular weight excluding hydrogens is 152 g/mol. The van der Waals surface area contributed by atoms with E-state index in [4.69, 9.17) is 0 Å². The molecule has 0 aromatic heterocycles. The van der Waals surface area contributed by atoms with Crippen LogP contribution in [-0.4, -0.2) is 17.9 Å². The van der Waals surface area contributed by atoms with Crippen LogP contribution in [0, 0.1) is 17.8 Å². The molecule has 4 atom stereocenters. The zero-order valence-corrected chi connectivity index (χ0v) is 5.68. The van der Waals surface area contributed by atoms with Crippen molar-refractivity contribution in [2.45, 2.75) is 18.4 Å². The summed E-state index contributed by atoms with van der Waals surface area (Å²) in [5, 5.41) is 2.58. The summed E-state index contributed by atoms with van der Waals surface area (Å²) < 4.78 is 25.5. The number of alkyl halides is 2. The van der Waals surface area contributed by atoms with E-state index in [-0.39, 0.29) is 17.9 Å². The third-order valence-corrected chi connectivity index (χ3v) is 3.21. The number of halogens is 2. The van der Waals surface area contributed by atoms with Crippen molar-refractivity contribution in [3.05, 3.63) is 0 Å². The number of nitrogens with one attached hydrogen (secondary N) is 1. The lowest BCUT2D eigenvalue weighted by Gasteiger charge is -2.06. The molecule has 2 nitrogen and oxygen atoms in total. The first-order valence-electron chi connectivity index (χ1n) is 3.80. The Hall–Kier alpha value is -0.670. The number of piperidine rings is 1. The van der Waals surface area contributed by atoms with Crippen LogP contribution < -0.4 is 5.32 Å². The molecule has 3 rings (SSSR count). The van der Waals surface area contributed by atoms with Gasteiger partial charge in [-0.25, -0.2) is 8.78 Å². The lowest BCUT2D eigenvalue weighted by Crippen LogP contribution is -2.32. The van der Waals surface area contributed by atoms with Gasteiger partial charge in [-0.3, -0.25) is 4.79 Å². The highest BCUT2D eigenvalue weighted by atomic mass is 19.3. The van der Waals surface area contributed by atoms with E-state index in [1.807, 2.05) is 0 Å². The molecule has 11 heavy (non-hydrogen) atoms. The van der Waals surface area contributed by atoms with Gasteiger partial charge in [0.15, 0.2) is 0 Å². The van der Waals surface area contributed by atoms with E-state index in [1.165, 1.54) is 0 Å². The standard InChI is InChI=1S/C7H7F2NO/c8-7(9)4-2-1-3(5(4)7)10-6(2)11/h2-5H,1H2,(H,10,11)/t2-,3-,4+,5-/m0/s1. The summed E-state index contributed by atoms with van der Waals surface area (Å²) in [5.41, 5.74) is 0. The molecule has 1 amide bonds. The molecule has 0 spiro atoms. The Bertz CT molecular complexity index is 253. The van der Waals surface area contributed by atoms with Gasteiger partial charge in [0.05, 0.1) is 5.92 Å². The molecule has 3 fully saturated rings. The minimum atomic E-state index is -2.53. The van der Waals surface area contributed by atoms with E-state index < -0.39 is 17.8 Å². The molecular formula is C7H7F2NO. The monoisotopic (exact) mass is 159 g/mol. The third kappa shape index (κ3) is 0.451. The fourth-order valence-corrected chi connectivity index (χ4v) is 2.69. The molecule has 4 heteroatoms. The number of hydrogen-bond acceptors (Lipinski definition) is 1. The normalized spacial score (nSPS) is 55.6. The summed E-state index contributed by atoms with van der Waals surface area (Å²) in [5.74, 6) is -4.20. The van der Waals surface area contributed by atoms with Gasteiger partial charge in [-0.1, -0.05) is 0 Å². The van der Waals surface area contributed by atoms with E-state index in [2.05, 4.69) is 5.32 Å². The molecule has 0 unspecified atom stereocenters. The quantitative estimate of drug-likeness (QED) is 0.544. The Balaban J connectivity index is 2.00. The highest BCUT2D eigenvalue weighted by Crippen LogP contribution is 2.68. The van der Waals surface area contributed by atoms with Crippen molar-refractivity contribution < 1.29 is 13.6 Å². The lowest BCUT2D eigenvalue weighted by atomic mass is 10.1. The molecule has 1 saturated heterocycles. The topological polar surface area (TPSA) is 29.1 Å². The number of fused-ring (bicyclic) bond motifs is 5. The van der Waals surface area contributed by atoms with Crippen LogP contribution in [0.15, 0.2) is 0 Å². The summed E-state index contributed by atoms with van der Waals surface area (Å²) in [6.07, 6.45) is 0.643. The summed E-state index contributed by atoms with van der Waals surface area (Å²) in [6, 6.07) is -0.215. The summed E-state index contributed by atoms with van der Waals surface area (Å²) in [7, 11) is 0. The predicted molar refractivity (Wildman–Crippen MR) is 32.0 cm³/mol. The van der Waals surface area contributed by atoms with Gasteiger partial charge < -0.3 is 5.32 Å². The molecule has 60 valence electrons. The first kappa shape index (κ1) is 5.91. The highest BCUT2D eigenvalue weighted by Gasteiger charge is 2.80. The third-order valence-electron chi connectivity index (χ3n) is 3.21. The van der Waals surface area contributed by atoms with Gasteiger partial charge >= 0.3 is 0 Å². The van der Waals surface area contributed by atoms with Crippen LogP contribution in [0.5, 0.6) is 0 Å². The molecule has 3 aliphatic rings. The second kappa shape index (κ2) is 1.30. The van der Waals surface area contributed by atoms with Crippen LogP contribution >= 0.6 is 0 Å².